The Morgan fingerprint density at radius 2 is 2.33 bits per heavy atom. The van der Waals surface area contributed by atoms with Crippen molar-refractivity contribution in [2.75, 3.05) is 0 Å². The molecule has 2 rings (SSSR count). The number of aryl methyl sites for hydroxylation is 1. The maximum atomic E-state index is 12.4. The third kappa shape index (κ3) is 2.78. The smallest absolute Gasteiger partial charge is 0.158 e. The first-order valence-corrected chi connectivity index (χ1v) is 6.82. The molecule has 1 aromatic heterocycles. The van der Waals surface area contributed by atoms with E-state index in [0.29, 0.717) is 5.92 Å². The summed E-state index contributed by atoms with van der Waals surface area (Å²) in [5.74, 6) is 0.544. The number of ketones is 1. The van der Waals surface area contributed by atoms with E-state index in [9.17, 15) is 4.79 Å². The summed E-state index contributed by atoms with van der Waals surface area (Å²) in [4.78, 5) is 16.8. The molecule has 2 unspecified atom stereocenters. The van der Waals surface area contributed by atoms with E-state index >= 15 is 0 Å². The van der Waals surface area contributed by atoms with E-state index in [-0.39, 0.29) is 17.7 Å². The van der Waals surface area contributed by atoms with Gasteiger partial charge in [-0.1, -0.05) is 19.9 Å². The third-order valence-corrected chi connectivity index (χ3v) is 3.63. The molecule has 1 heterocycles. The van der Waals surface area contributed by atoms with Gasteiger partial charge < -0.3 is 5.73 Å². The molecule has 0 amide bonds. The number of carbonyl (C=O) groups excluding carboxylic acids is 1. The zero-order valence-electron chi connectivity index (χ0n) is 11.2. The standard InChI is InChI=1S/C15H22N2O/c1-10(2)9-13(16)15(18)12-7-3-5-11-6-4-8-17-14(11)12/h4,6,8,10,12-13H,3,5,7,9,16H2,1-2H3. The monoisotopic (exact) mass is 246 g/mol. The molecule has 3 heteroatoms. The van der Waals surface area contributed by atoms with Crippen LogP contribution < -0.4 is 5.73 Å². The number of Topliss-reactive ketones (excluding diaryl/α,β-unsaturated/α-hetero) is 1. The van der Waals surface area contributed by atoms with Gasteiger partial charge in [0.05, 0.1) is 17.7 Å². The highest BCUT2D eigenvalue weighted by molar-refractivity contribution is 5.90. The number of rotatable bonds is 4. The van der Waals surface area contributed by atoms with Crippen molar-refractivity contribution in [3.63, 3.8) is 0 Å². The van der Waals surface area contributed by atoms with E-state index in [1.807, 2.05) is 6.07 Å². The molecule has 2 atom stereocenters. The zero-order chi connectivity index (χ0) is 13.1. The van der Waals surface area contributed by atoms with Crippen LogP contribution in [0.4, 0.5) is 0 Å². The van der Waals surface area contributed by atoms with Crippen LogP contribution in [0.3, 0.4) is 0 Å². The molecule has 1 aliphatic carbocycles. The number of nitrogens with zero attached hydrogens (tertiary/aromatic N) is 1. The molecule has 0 aliphatic heterocycles. The second-order valence-corrected chi connectivity index (χ2v) is 5.63. The molecule has 0 fully saturated rings. The van der Waals surface area contributed by atoms with Crippen molar-refractivity contribution in [2.45, 2.75) is 51.5 Å². The lowest BCUT2D eigenvalue weighted by molar-refractivity contribution is -0.122. The van der Waals surface area contributed by atoms with Crippen LogP contribution in [-0.2, 0) is 11.2 Å². The Morgan fingerprint density at radius 3 is 3.06 bits per heavy atom. The SMILES string of the molecule is CC(C)CC(N)C(=O)C1CCCc2cccnc21. The van der Waals surface area contributed by atoms with Gasteiger partial charge in [0, 0.05) is 6.20 Å². The van der Waals surface area contributed by atoms with Gasteiger partial charge in [-0.05, 0) is 43.2 Å². The van der Waals surface area contributed by atoms with E-state index in [1.54, 1.807) is 6.20 Å². The number of hydrogen-bond donors (Lipinski definition) is 1. The molecular formula is C15H22N2O. The van der Waals surface area contributed by atoms with Crippen LogP contribution >= 0.6 is 0 Å². The number of aromatic nitrogens is 1. The Labute approximate surface area is 109 Å². The summed E-state index contributed by atoms with van der Waals surface area (Å²) in [6.07, 6.45) is 5.53. The lowest BCUT2D eigenvalue weighted by atomic mass is 9.81. The van der Waals surface area contributed by atoms with Crippen molar-refractivity contribution < 1.29 is 4.79 Å². The minimum Gasteiger partial charge on any atom is -0.321 e. The molecule has 1 aliphatic rings. The van der Waals surface area contributed by atoms with Crippen LogP contribution in [0.2, 0.25) is 0 Å². The summed E-state index contributed by atoms with van der Waals surface area (Å²) in [5.41, 5.74) is 8.22. The van der Waals surface area contributed by atoms with E-state index in [4.69, 9.17) is 5.73 Å². The highest BCUT2D eigenvalue weighted by Gasteiger charge is 2.30. The van der Waals surface area contributed by atoms with Gasteiger partial charge in [0.15, 0.2) is 5.78 Å². The largest absolute Gasteiger partial charge is 0.321 e. The van der Waals surface area contributed by atoms with Crippen LogP contribution in [0.15, 0.2) is 18.3 Å². The average molecular weight is 246 g/mol. The number of hydrogen-bond acceptors (Lipinski definition) is 3. The second-order valence-electron chi connectivity index (χ2n) is 5.63. The zero-order valence-corrected chi connectivity index (χ0v) is 11.2. The Balaban J connectivity index is 2.17. The Kier molecular flexibility index (Phi) is 4.12. The predicted octanol–water partition coefficient (Wildman–Crippen LogP) is 2.44. The van der Waals surface area contributed by atoms with E-state index in [0.717, 1.165) is 31.4 Å². The summed E-state index contributed by atoms with van der Waals surface area (Å²) in [6, 6.07) is 3.68. The topological polar surface area (TPSA) is 56.0 Å². The van der Waals surface area contributed by atoms with Gasteiger partial charge in [-0.3, -0.25) is 9.78 Å². The van der Waals surface area contributed by atoms with Crippen molar-refractivity contribution in [3.05, 3.63) is 29.6 Å². The molecule has 0 saturated heterocycles. The Morgan fingerprint density at radius 1 is 1.56 bits per heavy atom. The lowest BCUT2D eigenvalue weighted by Gasteiger charge is -2.26. The molecule has 0 bridgehead atoms. The normalized spacial score (nSPS) is 20.6. The summed E-state index contributed by atoms with van der Waals surface area (Å²) in [5, 5.41) is 0. The average Bonchev–Trinajstić information content (AvgIpc) is 2.36. The third-order valence-electron chi connectivity index (χ3n) is 3.63. The van der Waals surface area contributed by atoms with Gasteiger partial charge in [0.1, 0.15) is 0 Å². The number of nitrogens with two attached hydrogens (primary N) is 1. The molecule has 3 nitrogen and oxygen atoms in total. The first-order valence-electron chi connectivity index (χ1n) is 6.82. The van der Waals surface area contributed by atoms with E-state index in [1.165, 1.54) is 5.56 Å². The van der Waals surface area contributed by atoms with Crippen molar-refractivity contribution in [2.24, 2.45) is 11.7 Å². The fraction of sp³-hybridized carbons (Fsp3) is 0.600. The summed E-state index contributed by atoms with van der Waals surface area (Å²) in [6.45, 7) is 4.19. The van der Waals surface area contributed by atoms with Gasteiger partial charge in [-0.15, -0.1) is 0 Å². The lowest BCUT2D eigenvalue weighted by Crippen LogP contribution is -2.37. The Bertz CT molecular complexity index is 428. The van der Waals surface area contributed by atoms with Crippen LogP contribution in [0, 0.1) is 5.92 Å². The first-order chi connectivity index (χ1) is 8.59. The van der Waals surface area contributed by atoms with Crippen LogP contribution in [0.1, 0.15) is 50.3 Å². The number of fused-ring (bicyclic) bond motifs is 1. The predicted molar refractivity (Wildman–Crippen MR) is 72.4 cm³/mol. The van der Waals surface area contributed by atoms with Crippen molar-refractivity contribution in [1.82, 2.24) is 4.98 Å². The van der Waals surface area contributed by atoms with Gasteiger partial charge in [-0.25, -0.2) is 0 Å². The maximum Gasteiger partial charge on any atom is 0.158 e. The van der Waals surface area contributed by atoms with Crippen molar-refractivity contribution >= 4 is 5.78 Å². The quantitative estimate of drug-likeness (QED) is 0.887. The van der Waals surface area contributed by atoms with E-state index in [2.05, 4.69) is 24.9 Å². The first kappa shape index (κ1) is 13.2. The second kappa shape index (κ2) is 5.61. The van der Waals surface area contributed by atoms with Crippen molar-refractivity contribution in [1.29, 1.82) is 0 Å². The van der Waals surface area contributed by atoms with Gasteiger partial charge in [0.2, 0.25) is 0 Å². The minimum absolute atomic E-state index is 0.0799. The molecule has 18 heavy (non-hydrogen) atoms. The van der Waals surface area contributed by atoms with Crippen LogP contribution in [0.25, 0.3) is 0 Å². The van der Waals surface area contributed by atoms with Gasteiger partial charge >= 0.3 is 0 Å². The molecule has 2 N–H and O–H groups in total. The molecular weight excluding hydrogens is 224 g/mol. The summed E-state index contributed by atoms with van der Waals surface area (Å²) in [7, 11) is 0. The van der Waals surface area contributed by atoms with Gasteiger partial charge in [0.25, 0.3) is 0 Å². The summed E-state index contributed by atoms with van der Waals surface area (Å²) >= 11 is 0. The highest BCUT2D eigenvalue weighted by Crippen LogP contribution is 2.31. The maximum absolute atomic E-state index is 12.4. The number of pyridine rings is 1. The Hall–Kier alpha value is -1.22. The molecule has 1 aromatic rings. The van der Waals surface area contributed by atoms with Gasteiger partial charge in [-0.2, -0.15) is 0 Å². The molecule has 0 radical (unpaired) electrons. The van der Waals surface area contributed by atoms with Crippen LogP contribution in [0.5, 0.6) is 0 Å². The summed E-state index contributed by atoms with van der Waals surface area (Å²) < 4.78 is 0. The molecule has 0 aromatic carbocycles. The molecule has 0 saturated carbocycles. The molecule has 98 valence electrons. The highest BCUT2D eigenvalue weighted by atomic mass is 16.1. The van der Waals surface area contributed by atoms with Crippen LogP contribution in [-0.4, -0.2) is 16.8 Å². The minimum atomic E-state index is -0.344. The van der Waals surface area contributed by atoms with E-state index < -0.39 is 0 Å². The number of carbonyl (C=O) groups is 1. The molecule has 0 spiro atoms. The fourth-order valence-electron chi connectivity index (χ4n) is 2.77. The van der Waals surface area contributed by atoms with Crippen molar-refractivity contribution in [3.8, 4) is 0 Å². The fourth-order valence-corrected chi connectivity index (χ4v) is 2.77.